The average molecular weight is 246 g/mol. The molecule has 1 aliphatic carbocycles. The van der Waals surface area contributed by atoms with Crippen molar-refractivity contribution in [2.75, 3.05) is 24.6 Å². The first kappa shape index (κ1) is 12.3. The summed E-state index contributed by atoms with van der Waals surface area (Å²) < 4.78 is 22.9. The Morgan fingerprint density at radius 1 is 1.44 bits per heavy atom. The van der Waals surface area contributed by atoms with Crippen molar-refractivity contribution in [2.24, 2.45) is 11.7 Å². The van der Waals surface area contributed by atoms with Gasteiger partial charge in [-0.3, -0.25) is 4.90 Å². The molecule has 0 radical (unpaired) electrons. The van der Waals surface area contributed by atoms with E-state index >= 15 is 0 Å². The van der Waals surface area contributed by atoms with Gasteiger partial charge in [0.2, 0.25) is 0 Å². The molecule has 1 heterocycles. The molecule has 1 aliphatic heterocycles. The number of rotatable bonds is 3. The Labute approximate surface area is 98.1 Å². The molecular weight excluding hydrogens is 224 g/mol. The maximum absolute atomic E-state index is 11.5. The van der Waals surface area contributed by atoms with Gasteiger partial charge in [-0.05, 0) is 32.6 Å². The topological polar surface area (TPSA) is 63.4 Å². The lowest BCUT2D eigenvalue weighted by atomic mass is 9.96. The Kier molecular flexibility index (Phi) is 3.05. The fraction of sp³-hybridized carbons (Fsp3) is 1.00. The van der Waals surface area contributed by atoms with Gasteiger partial charge in [-0.25, -0.2) is 8.42 Å². The van der Waals surface area contributed by atoms with E-state index in [-0.39, 0.29) is 23.1 Å². The molecule has 0 bridgehead atoms. The minimum absolute atomic E-state index is 0.111. The minimum atomic E-state index is -2.81. The minimum Gasteiger partial charge on any atom is -0.324 e. The van der Waals surface area contributed by atoms with Crippen molar-refractivity contribution in [1.82, 2.24) is 4.90 Å². The zero-order chi connectivity index (χ0) is 12.0. The molecular formula is C11H22N2O2S. The van der Waals surface area contributed by atoms with Gasteiger partial charge in [-0.15, -0.1) is 0 Å². The van der Waals surface area contributed by atoms with Crippen molar-refractivity contribution in [3.05, 3.63) is 0 Å². The average Bonchev–Trinajstić information content (AvgIpc) is 2.91. The third-order valence-corrected chi connectivity index (χ3v) is 5.66. The molecule has 1 saturated carbocycles. The fourth-order valence-corrected chi connectivity index (χ4v) is 4.20. The number of hydrogen-bond acceptors (Lipinski definition) is 4. The highest BCUT2D eigenvalue weighted by atomic mass is 32.2. The van der Waals surface area contributed by atoms with Gasteiger partial charge in [0.1, 0.15) is 0 Å². The predicted octanol–water partition coefficient (Wildman–Crippen LogP) is 0.233. The van der Waals surface area contributed by atoms with Gasteiger partial charge < -0.3 is 5.73 Å². The number of sulfone groups is 1. The molecule has 0 aromatic rings. The lowest BCUT2D eigenvalue weighted by Crippen LogP contribution is -2.56. The van der Waals surface area contributed by atoms with Gasteiger partial charge in [0.15, 0.2) is 9.84 Å². The van der Waals surface area contributed by atoms with Crippen LogP contribution in [0.25, 0.3) is 0 Å². The van der Waals surface area contributed by atoms with Crippen LogP contribution in [0, 0.1) is 5.92 Å². The summed E-state index contributed by atoms with van der Waals surface area (Å²) in [5.74, 6) is 1.21. The molecule has 0 aromatic heterocycles. The molecule has 2 aliphatic rings. The highest BCUT2D eigenvalue weighted by Gasteiger charge is 2.41. The lowest BCUT2D eigenvalue weighted by Gasteiger charge is -2.39. The molecule has 5 heteroatoms. The van der Waals surface area contributed by atoms with E-state index in [4.69, 9.17) is 5.73 Å². The summed E-state index contributed by atoms with van der Waals surface area (Å²) in [7, 11) is -2.81. The third-order valence-electron chi connectivity index (χ3n) is 3.86. The van der Waals surface area contributed by atoms with Crippen molar-refractivity contribution in [3.8, 4) is 0 Å². The maximum atomic E-state index is 11.5. The van der Waals surface area contributed by atoms with Gasteiger partial charge in [0, 0.05) is 24.7 Å². The second kappa shape index (κ2) is 3.96. The predicted molar refractivity (Wildman–Crippen MR) is 65.0 cm³/mol. The van der Waals surface area contributed by atoms with E-state index in [0.717, 1.165) is 6.54 Å². The zero-order valence-electron chi connectivity index (χ0n) is 10.1. The van der Waals surface area contributed by atoms with Crippen molar-refractivity contribution >= 4 is 9.84 Å². The normalized spacial score (nSPS) is 34.6. The first-order chi connectivity index (χ1) is 7.30. The summed E-state index contributed by atoms with van der Waals surface area (Å²) in [6, 6.07) is 0.111. The molecule has 16 heavy (non-hydrogen) atoms. The fourth-order valence-electron chi connectivity index (χ4n) is 2.58. The molecule has 0 spiro atoms. The number of nitrogens with two attached hydrogens (primary N) is 1. The Morgan fingerprint density at radius 2 is 2.06 bits per heavy atom. The quantitative estimate of drug-likeness (QED) is 0.774. The SMILES string of the molecule is CC1CS(=O)(=O)CCN1CC(C)(N)C1CC1. The number of hydrogen-bond donors (Lipinski definition) is 1. The van der Waals surface area contributed by atoms with Crippen LogP contribution in [0.2, 0.25) is 0 Å². The van der Waals surface area contributed by atoms with Crippen LogP contribution in [0.5, 0.6) is 0 Å². The van der Waals surface area contributed by atoms with Crippen LogP contribution in [-0.4, -0.2) is 49.5 Å². The van der Waals surface area contributed by atoms with E-state index in [9.17, 15) is 8.42 Å². The van der Waals surface area contributed by atoms with Gasteiger partial charge in [0.05, 0.1) is 11.5 Å². The summed E-state index contributed by atoms with van der Waals surface area (Å²) in [5.41, 5.74) is 6.15. The van der Waals surface area contributed by atoms with Crippen LogP contribution in [0.15, 0.2) is 0 Å². The van der Waals surface area contributed by atoms with E-state index in [0.29, 0.717) is 12.5 Å². The van der Waals surface area contributed by atoms with E-state index in [1.807, 2.05) is 6.92 Å². The van der Waals surface area contributed by atoms with Gasteiger partial charge in [-0.1, -0.05) is 0 Å². The number of nitrogens with zero attached hydrogens (tertiary/aromatic N) is 1. The Morgan fingerprint density at radius 3 is 2.56 bits per heavy atom. The highest BCUT2D eigenvalue weighted by Crippen LogP contribution is 2.38. The standard InChI is InChI=1S/C11H22N2O2S/c1-9-7-16(14,15)6-5-13(9)8-11(2,12)10-3-4-10/h9-10H,3-8,12H2,1-2H3. The van der Waals surface area contributed by atoms with E-state index in [1.165, 1.54) is 12.8 Å². The van der Waals surface area contributed by atoms with Gasteiger partial charge >= 0.3 is 0 Å². The summed E-state index contributed by atoms with van der Waals surface area (Å²) in [6.45, 7) is 5.55. The monoisotopic (exact) mass is 246 g/mol. The van der Waals surface area contributed by atoms with Crippen molar-refractivity contribution in [1.29, 1.82) is 0 Å². The first-order valence-electron chi connectivity index (χ1n) is 6.03. The first-order valence-corrected chi connectivity index (χ1v) is 7.86. The molecule has 2 unspecified atom stereocenters. The molecule has 4 nitrogen and oxygen atoms in total. The molecule has 2 fully saturated rings. The van der Waals surface area contributed by atoms with Crippen LogP contribution < -0.4 is 5.73 Å². The Balaban J connectivity index is 1.96. The molecule has 94 valence electrons. The Bertz CT molecular complexity index is 360. The molecule has 0 amide bonds. The van der Waals surface area contributed by atoms with E-state index in [1.54, 1.807) is 0 Å². The molecule has 2 rings (SSSR count). The van der Waals surface area contributed by atoms with E-state index < -0.39 is 9.84 Å². The van der Waals surface area contributed by atoms with Crippen LogP contribution in [0.4, 0.5) is 0 Å². The molecule has 2 N–H and O–H groups in total. The van der Waals surface area contributed by atoms with Crippen LogP contribution >= 0.6 is 0 Å². The van der Waals surface area contributed by atoms with Crippen molar-refractivity contribution in [3.63, 3.8) is 0 Å². The third kappa shape index (κ3) is 2.76. The summed E-state index contributed by atoms with van der Waals surface area (Å²) in [5, 5.41) is 0. The molecule has 1 saturated heterocycles. The summed E-state index contributed by atoms with van der Waals surface area (Å²) >= 11 is 0. The largest absolute Gasteiger partial charge is 0.324 e. The highest BCUT2D eigenvalue weighted by molar-refractivity contribution is 7.91. The van der Waals surface area contributed by atoms with Crippen LogP contribution in [-0.2, 0) is 9.84 Å². The smallest absolute Gasteiger partial charge is 0.153 e. The van der Waals surface area contributed by atoms with Crippen molar-refractivity contribution < 1.29 is 8.42 Å². The van der Waals surface area contributed by atoms with Gasteiger partial charge in [0.25, 0.3) is 0 Å². The maximum Gasteiger partial charge on any atom is 0.153 e. The second-order valence-electron chi connectivity index (χ2n) is 5.71. The summed E-state index contributed by atoms with van der Waals surface area (Å²) in [6.07, 6.45) is 2.46. The second-order valence-corrected chi connectivity index (χ2v) is 7.94. The van der Waals surface area contributed by atoms with Crippen LogP contribution in [0.1, 0.15) is 26.7 Å². The molecule has 0 aromatic carbocycles. The Hall–Kier alpha value is -0.130. The summed E-state index contributed by atoms with van der Waals surface area (Å²) in [4.78, 5) is 2.24. The van der Waals surface area contributed by atoms with Crippen molar-refractivity contribution in [2.45, 2.75) is 38.3 Å². The van der Waals surface area contributed by atoms with E-state index in [2.05, 4.69) is 11.8 Å². The zero-order valence-corrected chi connectivity index (χ0v) is 11.0. The lowest BCUT2D eigenvalue weighted by molar-refractivity contribution is 0.169. The van der Waals surface area contributed by atoms with Gasteiger partial charge in [-0.2, -0.15) is 0 Å². The van der Waals surface area contributed by atoms with Crippen LogP contribution in [0.3, 0.4) is 0 Å². The molecule has 2 atom stereocenters.